The number of rotatable bonds is 36. The lowest BCUT2D eigenvalue weighted by Crippen LogP contribution is -2.53. The Morgan fingerprint density at radius 3 is 0.761 bits per heavy atom. The van der Waals surface area contributed by atoms with Crippen molar-refractivity contribution in [3.63, 3.8) is 0 Å². The zero-order chi connectivity index (χ0) is 34.2. The van der Waals surface area contributed by atoms with Crippen LogP contribution in [-0.2, 0) is 14.2 Å². The first-order chi connectivity index (χ1) is 22.3. The van der Waals surface area contributed by atoms with Gasteiger partial charge in [-0.3, -0.25) is 0 Å². The van der Waals surface area contributed by atoms with Gasteiger partial charge in [0.05, 0.1) is 5.41 Å². The summed E-state index contributed by atoms with van der Waals surface area (Å²) in [4.78, 5) is 0. The van der Waals surface area contributed by atoms with Crippen molar-refractivity contribution in [2.45, 2.75) is 231 Å². The van der Waals surface area contributed by atoms with Crippen LogP contribution in [0.2, 0.25) is 0 Å². The molecule has 0 aliphatic heterocycles. The molecular formula is C40H79F3O3. The van der Waals surface area contributed by atoms with Gasteiger partial charge < -0.3 is 14.2 Å². The van der Waals surface area contributed by atoms with Gasteiger partial charge >= 0.3 is 6.18 Å². The molecule has 0 saturated heterocycles. The summed E-state index contributed by atoms with van der Waals surface area (Å²) in [6.45, 7) is 4.54. The van der Waals surface area contributed by atoms with Crippen LogP contribution in [0.5, 0.6) is 0 Å². The molecule has 3 nitrogen and oxygen atoms in total. The molecule has 278 valence electrons. The van der Waals surface area contributed by atoms with Crippen molar-refractivity contribution in [2.24, 2.45) is 5.41 Å². The van der Waals surface area contributed by atoms with E-state index in [1.54, 1.807) is 21.3 Å². The monoisotopic (exact) mass is 665 g/mol. The van der Waals surface area contributed by atoms with Crippen LogP contribution in [0, 0.1) is 5.41 Å². The molecule has 0 amide bonds. The summed E-state index contributed by atoms with van der Waals surface area (Å²) >= 11 is 0. The molecule has 0 N–H and O–H groups in total. The summed E-state index contributed by atoms with van der Waals surface area (Å²) in [5, 5.41) is 0. The maximum Gasteiger partial charge on any atom is 0.389 e. The van der Waals surface area contributed by atoms with Gasteiger partial charge in [0.2, 0.25) is 0 Å². The highest BCUT2D eigenvalue weighted by molar-refractivity contribution is 4.89. The molecule has 0 rings (SSSR count). The van der Waals surface area contributed by atoms with Gasteiger partial charge in [-0.25, -0.2) is 0 Å². The van der Waals surface area contributed by atoms with Crippen molar-refractivity contribution in [1.82, 2.24) is 0 Å². The first-order valence-electron chi connectivity index (χ1n) is 20.0. The van der Waals surface area contributed by atoms with Gasteiger partial charge in [-0.05, 0) is 25.7 Å². The minimum Gasteiger partial charge on any atom is -0.330 e. The van der Waals surface area contributed by atoms with Crippen LogP contribution < -0.4 is 0 Å². The Kier molecular flexibility index (Phi) is 30.5. The van der Waals surface area contributed by atoms with E-state index in [-0.39, 0.29) is 11.8 Å². The Morgan fingerprint density at radius 1 is 0.326 bits per heavy atom. The number of halogens is 3. The summed E-state index contributed by atoms with van der Waals surface area (Å²) in [5.74, 6) is -1.05. The van der Waals surface area contributed by atoms with Crippen molar-refractivity contribution in [1.29, 1.82) is 0 Å². The van der Waals surface area contributed by atoms with Crippen molar-refractivity contribution in [3.8, 4) is 0 Å². The zero-order valence-electron chi connectivity index (χ0n) is 31.5. The van der Waals surface area contributed by atoms with Crippen LogP contribution in [0.25, 0.3) is 0 Å². The first-order valence-corrected chi connectivity index (χ1v) is 20.0. The van der Waals surface area contributed by atoms with Gasteiger partial charge in [-0.2, -0.15) is 13.2 Å². The maximum atomic E-state index is 12.4. The lowest BCUT2D eigenvalue weighted by Gasteiger charge is -2.47. The van der Waals surface area contributed by atoms with Crippen molar-refractivity contribution >= 4 is 0 Å². The maximum absolute atomic E-state index is 12.4. The van der Waals surface area contributed by atoms with Crippen LogP contribution in [0.15, 0.2) is 0 Å². The Bertz CT molecular complexity index is 615. The second-order valence-corrected chi connectivity index (χ2v) is 14.3. The van der Waals surface area contributed by atoms with E-state index in [1.165, 1.54) is 122 Å². The number of alkyl halides is 3. The summed E-state index contributed by atoms with van der Waals surface area (Å²) < 4.78 is 55.5. The fourth-order valence-corrected chi connectivity index (χ4v) is 7.48. The third kappa shape index (κ3) is 23.1. The molecule has 0 saturated carbocycles. The minimum atomic E-state index is -4.03. The van der Waals surface area contributed by atoms with E-state index in [4.69, 9.17) is 14.2 Å². The number of ether oxygens (including phenoxy) is 3. The van der Waals surface area contributed by atoms with E-state index < -0.39 is 18.6 Å². The molecule has 0 radical (unpaired) electrons. The normalized spacial score (nSPS) is 13.8. The largest absolute Gasteiger partial charge is 0.389 e. The molecule has 0 aliphatic rings. The van der Waals surface area contributed by atoms with E-state index in [2.05, 4.69) is 13.8 Å². The topological polar surface area (TPSA) is 27.7 Å². The van der Waals surface area contributed by atoms with Crippen LogP contribution in [0.1, 0.15) is 219 Å². The second kappa shape index (κ2) is 30.7. The summed E-state index contributed by atoms with van der Waals surface area (Å²) in [5.41, 5.74) is -0.209. The van der Waals surface area contributed by atoms with Crippen molar-refractivity contribution in [2.75, 3.05) is 21.3 Å². The predicted molar refractivity (Wildman–Crippen MR) is 191 cm³/mol. The third-order valence-electron chi connectivity index (χ3n) is 10.3. The third-order valence-corrected chi connectivity index (χ3v) is 10.3. The molecule has 0 aromatic carbocycles. The summed E-state index contributed by atoms with van der Waals surface area (Å²) in [6, 6.07) is 0. The predicted octanol–water partition coefficient (Wildman–Crippen LogP) is 14.7. The van der Waals surface area contributed by atoms with Gasteiger partial charge in [0.1, 0.15) is 0 Å². The molecule has 0 fully saturated rings. The van der Waals surface area contributed by atoms with Gasteiger partial charge in [-0.1, -0.05) is 187 Å². The molecule has 0 aromatic rings. The molecule has 0 aliphatic carbocycles. The van der Waals surface area contributed by atoms with Crippen molar-refractivity contribution < 1.29 is 27.4 Å². The SMILES string of the molecule is CCCCCCCCCCCCCCCCCC(CCCCCCCC)(CCCCCCCCCC(F)(F)F)C(OC)(OC)OC. The van der Waals surface area contributed by atoms with Crippen LogP contribution >= 0.6 is 0 Å². The first kappa shape index (κ1) is 45.7. The quantitative estimate of drug-likeness (QED) is 0.0493. The van der Waals surface area contributed by atoms with Crippen LogP contribution in [0.4, 0.5) is 13.2 Å². The molecule has 0 bridgehead atoms. The van der Waals surface area contributed by atoms with Crippen LogP contribution in [-0.4, -0.2) is 33.5 Å². The Morgan fingerprint density at radius 2 is 0.543 bits per heavy atom. The van der Waals surface area contributed by atoms with E-state index in [9.17, 15) is 13.2 Å². The average Bonchev–Trinajstić information content (AvgIpc) is 3.04. The van der Waals surface area contributed by atoms with Gasteiger partial charge in [0.15, 0.2) is 0 Å². The number of methoxy groups -OCH3 is 3. The molecule has 1 unspecified atom stereocenters. The van der Waals surface area contributed by atoms with E-state index in [0.29, 0.717) is 6.42 Å². The molecule has 0 heterocycles. The molecule has 6 heteroatoms. The smallest absolute Gasteiger partial charge is 0.330 e. The van der Waals surface area contributed by atoms with Crippen molar-refractivity contribution in [3.05, 3.63) is 0 Å². The number of hydrogen-bond donors (Lipinski definition) is 0. The van der Waals surface area contributed by atoms with Gasteiger partial charge in [0, 0.05) is 27.8 Å². The molecular weight excluding hydrogens is 585 g/mol. The Labute approximate surface area is 285 Å². The van der Waals surface area contributed by atoms with E-state index in [0.717, 1.165) is 64.2 Å². The molecule has 0 spiro atoms. The highest BCUT2D eigenvalue weighted by atomic mass is 19.4. The number of unbranched alkanes of at least 4 members (excludes halogenated alkanes) is 25. The standard InChI is InChI=1S/C40H79F3O3/c1-6-8-10-12-14-15-16-17-18-19-20-21-23-27-31-35-38(40(44-3,45-4)46-5,34-30-26-13-11-9-7-2)36-32-28-24-22-25-29-33-37-39(41,42)43/h6-37H2,1-5H3. The highest BCUT2D eigenvalue weighted by Gasteiger charge is 2.52. The fraction of sp³-hybridized carbons (Fsp3) is 1.00. The summed E-state index contributed by atoms with van der Waals surface area (Å²) in [7, 11) is 5.16. The van der Waals surface area contributed by atoms with E-state index >= 15 is 0 Å². The average molecular weight is 665 g/mol. The highest BCUT2D eigenvalue weighted by Crippen LogP contribution is 2.49. The van der Waals surface area contributed by atoms with Gasteiger partial charge in [-0.15, -0.1) is 0 Å². The number of hydrogen-bond acceptors (Lipinski definition) is 3. The zero-order valence-corrected chi connectivity index (χ0v) is 31.5. The fourth-order valence-electron chi connectivity index (χ4n) is 7.48. The van der Waals surface area contributed by atoms with Gasteiger partial charge in [0.25, 0.3) is 5.97 Å². The Hall–Kier alpha value is -0.330. The van der Waals surface area contributed by atoms with E-state index in [1.807, 2.05) is 0 Å². The molecule has 1 atom stereocenters. The lowest BCUT2D eigenvalue weighted by molar-refractivity contribution is -0.411. The minimum absolute atomic E-state index is 0.209. The second-order valence-electron chi connectivity index (χ2n) is 14.3. The molecule has 0 aromatic heterocycles. The lowest BCUT2D eigenvalue weighted by atomic mass is 9.71. The molecule has 46 heavy (non-hydrogen) atoms. The summed E-state index contributed by atoms with van der Waals surface area (Å²) in [6.07, 6.45) is 32.3. The Balaban J connectivity index is 4.81. The van der Waals surface area contributed by atoms with Crippen LogP contribution in [0.3, 0.4) is 0 Å².